The first-order valence-corrected chi connectivity index (χ1v) is 11.9. The zero-order valence-electron chi connectivity index (χ0n) is 18.6. The number of pyridine rings is 1. The summed E-state index contributed by atoms with van der Waals surface area (Å²) in [6, 6.07) is 25.2. The number of nitrogens with one attached hydrogen (secondary N) is 1. The Morgan fingerprint density at radius 3 is 2.37 bits per heavy atom. The van der Waals surface area contributed by atoms with E-state index >= 15 is 0 Å². The van der Waals surface area contributed by atoms with E-state index in [9.17, 15) is 9.59 Å². The lowest BCUT2D eigenvalue weighted by Crippen LogP contribution is -2.46. The molecule has 1 N–H and O–H groups in total. The molecule has 0 fully saturated rings. The van der Waals surface area contributed by atoms with Crippen molar-refractivity contribution >= 4 is 40.7 Å². The normalized spacial score (nSPS) is 15.4. The number of benzene rings is 3. The van der Waals surface area contributed by atoms with Gasteiger partial charge in [-0.3, -0.25) is 14.6 Å². The molecule has 2 amide bonds. The number of halogens is 2. The molecule has 0 bridgehead atoms. The summed E-state index contributed by atoms with van der Waals surface area (Å²) in [6.45, 7) is 0.250. The Morgan fingerprint density at radius 2 is 1.60 bits per heavy atom. The van der Waals surface area contributed by atoms with Crippen LogP contribution in [0.25, 0.3) is 11.1 Å². The Hall–Kier alpha value is -3.67. The van der Waals surface area contributed by atoms with Gasteiger partial charge < -0.3 is 10.2 Å². The molecular weight excluding hydrogens is 481 g/mol. The van der Waals surface area contributed by atoms with E-state index in [-0.39, 0.29) is 24.8 Å². The van der Waals surface area contributed by atoms with E-state index < -0.39 is 6.04 Å². The van der Waals surface area contributed by atoms with Crippen molar-refractivity contribution in [2.75, 3.05) is 5.32 Å². The molecule has 0 saturated heterocycles. The lowest BCUT2D eigenvalue weighted by molar-refractivity contribution is -0.120. The maximum Gasteiger partial charge on any atom is 0.256 e. The van der Waals surface area contributed by atoms with Crippen molar-refractivity contribution in [1.29, 1.82) is 0 Å². The predicted octanol–water partition coefficient (Wildman–Crippen LogP) is 6.26. The van der Waals surface area contributed by atoms with Crippen LogP contribution >= 0.6 is 23.2 Å². The molecule has 35 heavy (non-hydrogen) atoms. The van der Waals surface area contributed by atoms with Crippen LogP contribution in [0.1, 0.15) is 21.6 Å². The van der Waals surface area contributed by atoms with E-state index in [1.165, 1.54) is 0 Å². The number of hydrogen-bond acceptors (Lipinski definition) is 3. The standard InChI is InChI=1S/C28H21Cl2N3O2/c29-21-8-4-7-20(14-21)19-6-3-5-18(13-19)17-33-26(16-23-9-1-2-12-31-23)27(34)32-25-15-22(30)10-11-24(25)28(33)35/h1-15,26H,16-17H2,(H,32,34). The van der Waals surface area contributed by atoms with Crippen molar-refractivity contribution in [3.05, 3.63) is 118 Å². The highest BCUT2D eigenvalue weighted by Crippen LogP contribution is 2.30. The molecule has 5 rings (SSSR count). The molecule has 4 aromatic rings. The van der Waals surface area contributed by atoms with Crippen LogP contribution in [0.5, 0.6) is 0 Å². The molecule has 1 aliphatic heterocycles. The van der Waals surface area contributed by atoms with Crippen molar-refractivity contribution in [1.82, 2.24) is 9.88 Å². The van der Waals surface area contributed by atoms with Gasteiger partial charge in [-0.2, -0.15) is 0 Å². The summed E-state index contributed by atoms with van der Waals surface area (Å²) in [6.07, 6.45) is 1.97. The summed E-state index contributed by atoms with van der Waals surface area (Å²) in [4.78, 5) is 33.1. The molecule has 1 unspecified atom stereocenters. The third-order valence-corrected chi connectivity index (χ3v) is 6.45. The van der Waals surface area contributed by atoms with Crippen molar-refractivity contribution in [3.63, 3.8) is 0 Å². The maximum absolute atomic E-state index is 13.8. The second-order valence-electron chi connectivity index (χ2n) is 8.36. The van der Waals surface area contributed by atoms with Crippen LogP contribution in [0.2, 0.25) is 10.0 Å². The summed E-state index contributed by atoms with van der Waals surface area (Å²) in [5.74, 6) is -0.528. The average molecular weight is 502 g/mol. The molecule has 3 aromatic carbocycles. The third kappa shape index (κ3) is 5.06. The van der Waals surface area contributed by atoms with Gasteiger partial charge in [0.25, 0.3) is 5.91 Å². The van der Waals surface area contributed by atoms with Crippen LogP contribution in [-0.2, 0) is 17.8 Å². The van der Waals surface area contributed by atoms with Gasteiger partial charge in [-0.05, 0) is 65.2 Å². The second kappa shape index (κ2) is 9.90. The van der Waals surface area contributed by atoms with Crippen molar-refractivity contribution in [3.8, 4) is 11.1 Å². The Kier molecular flexibility index (Phi) is 6.53. The van der Waals surface area contributed by atoms with Gasteiger partial charge >= 0.3 is 0 Å². The minimum Gasteiger partial charge on any atom is -0.323 e. The van der Waals surface area contributed by atoms with E-state index in [0.717, 1.165) is 22.4 Å². The summed E-state index contributed by atoms with van der Waals surface area (Å²) < 4.78 is 0. The zero-order chi connectivity index (χ0) is 24.4. The number of anilines is 1. The van der Waals surface area contributed by atoms with Gasteiger partial charge in [0.1, 0.15) is 6.04 Å². The highest BCUT2D eigenvalue weighted by Gasteiger charge is 2.36. The quantitative estimate of drug-likeness (QED) is 0.350. The van der Waals surface area contributed by atoms with Crippen LogP contribution in [0.3, 0.4) is 0 Å². The second-order valence-corrected chi connectivity index (χ2v) is 9.24. The summed E-state index contributed by atoms with van der Waals surface area (Å²) in [7, 11) is 0. The number of rotatable bonds is 5. The van der Waals surface area contributed by atoms with Gasteiger partial charge in [0.15, 0.2) is 0 Å². The lowest BCUT2D eigenvalue weighted by Gasteiger charge is -2.29. The molecule has 0 saturated carbocycles. The fourth-order valence-electron chi connectivity index (χ4n) is 4.28. The number of carbonyl (C=O) groups excluding carboxylic acids is 2. The predicted molar refractivity (Wildman–Crippen MR) is 139 cm³/mol. The van der Waals surface area contributed by atoms with Gasteiger partial charge in [0.05, 0.1) is 11.3 Å². The number of nitrogens with zero attached hydrogens (tertiary/aromatic N) is 2. The van der Waals surface area contributed by atoms with Gasteiger partial charge in [0.2, 0.25) is 5.91 Å². The van der Waals surface area contributed by atoms with Crippen LogP contribution < -0.4 is 5.32 Å². The first kappa shape index (κ1) is 23.1. The Morgan fingerprint density at radius 1 is 0.829 bits per heavy atom. The first-order valence-electron chi connectivity index (χ1n) is 11.1. The summed E-state index contributed by atoms with van der Waals surface area (Å²) >= 11 is 12.3. The molecule has 1 aromatic heterocycles. The van der Waals surface area contributed by atoms with Gasteiger partial charge in [-0.1, -0.05) is 59.6 Å². The molecule has 2 heterocycles. The van der Waals surface area contributed by atoms with Crippen molar-refractivity contribution in [2.24, 2.45) is 0 Å². The fourth-order valence-corrected chi connectivity index (χ4v) is 4.64. The SMILES string of the molecule is O=C1Nc2cc(Cl)ccc2C(=O)N(Cc2cccc(-c3cccc(Cl)c3)c2)C1Cc1ccccn1. The smallest absolute Gasteiger partial charge is 0.256 e. The van der Waals surface area contributed by atoms with E-state index in [4.69, 9.17) is 23.2 Å². The van der Waals surface area contributed by atoms with E-state index in [1.807, 2.05) is 66.7 Å². The molecule has 7 heteroatoms. The number of amides is 2. The van der Waals surface area contributed by atoms with E-state index in [2.05, 4.69) is 10.3 Å². The molecule has 0 aliphatic carbocycles. The van der Waals surface area contributed by atoms with Gasteiger partial charge in [-0.25, -0.2) is 0 Å². The average Bonchev–Trinajstić information content (AvgIpc) is 2.95. The molecule has 174 valence electrons. The Bertz CT molecular complexity index is 1410. The Balaban J connectivity index is 1.53. The van der Waals surface area contributed by atoms with Crippen LogP contribution in [0.4, 0.5) is 5.69 Å². The molecule has 0 radical (unpaired) electrons. The van der Waals surface area contributed by atoms with Crippen LogP contribution in [0.15, 0.2) is 91.1 Å². The summed E-state index contributed by atoms with van der Waals surface area (Å²) in [5, 5.41) is 3.99. The van der Waals surface area contributed by atoms with Crippen LogP contribution in [-0.4, -0.2) is 27.7 Å². The molecule has 1 atom stereocenters. The molecule has 0 spiro atoms. The summed E-state index contributed by atoms with van der Waals surface area (Å²) in [5.41, 5.74) is 4.38. The number of aromatic nitrogens is 1. The number of fused-ring (bicyclic) bond motifs is 1. The molecule has 5 nitrogen and oxygen atoms in total. The first-order chi connectivity index (χ1) is 17.0. The third-order valence-electron chi connectivity index (χ3n) is 5.98. The lowest BCUT2D eigenvalue weighted by atomic mass is 10.0. The Labute approximate surface area is 213 Å². The highest BCUT2D eigenvalue weighted by molar-refractivity contribution is 6.31. The minimum absolute atomic E-state index is 0.246. The number of hydrogen-bond donors (Lipinski definition) is 1. The molecule has 1 aliphatic rings. The van der Waals surface area contributed by atoms with Crippen molar-refractivity contribution in [2.45, 2.75) is 19.0 Å². The largest absolute Gasteiger partial charge is 0.323 e. The minimum atomic E-state index is -0.751. The monoisotopic (exact) mass is 501 g/mol. The fraction of sp³-hybridized carbons (Fsp3) is 0.107. The molecular formula is C28H21Cl2N3O2. The topological polar surface area (TPSA) is 62.3 Å². The maximum atomic E-state index is 13.8. The number of carbonyl (C=O) groups is 2. The van der Waals surface area contributed by atoms with E-state index in [0.29, 0.717) is 21.3 Å². The highest BCUT2D eigenvalue weighted by atomic mass is 35.5. The van der Waals surface area contributed by atoms with E-state index in [1.54, 1.807) is 29.3 Å². The zero-order valence-corrected chi connectivity index (χ0v) is 20.1. The van der Waals surface area contributed by atoms with Gasteiger partial charge in [0, 0.05) is 34.9 Å². The van der Waals surface area contributed by atoms with Gasteiger partial charge in [-0.15, -0.1) is 0 Å². The van der Waals surface area contributed by atoms with Crippen molar-refractivity contribution < 1.29 is 9.59 Å². The van der Waals surface area contributed by atoms with Crippen LogP contribution in [0, 0.1) is 0 Å².